The Morgan fingerprint density at radius 3 is 2.49 bits per heavy atom. The highest BCUT2D eigenvalue weighted by molar-refractivity contribution is 9.10. The highest BCUT2D eigenvalue weighted by atomic mass is 79.9. The second-order valence-corrected chi connectivity index (χ2v) is 11.7. The number of nitrogens with zero attached hydrogens (tertiary/aromatic N) is 3. The molecule has 3 aromatic carbocycles. The first kappa shape index (κ1) is 25.6. The lowest BCUT2D eigenvalue weighted by Gasteiger charge is -2.29. The number of thioether (sulfide) groups is 1. The fraction of sp³-hybridized carbons (Fsp3) is 0.194. The smallest absolute Gasteiger partial charge is 0.294 e. The fourth-order valence-electron chi connectivity index (χ4n) is 5.33. The highest BCUT2D eigenvalue weighted by Crippen LogP contribution is 2.36. The van der Waals surface area contributed by atoms with E-state index in [-0.39, 0.29) is 12.5 Å². The molecule has 0 saturated carbocycles. The minimum absolute atomic E-state index is 0.213. The minimum atomic E-state index is -0.417. The molecular weight excluding hydrogens is 574 g/mol. The predicted octanol–water partition coefficient (Wildman–Crippen LogP) is 6.38. The molecular formula is C31H26BrN3O3S. The summed E-state index contributed by atoms with van der Waals surface area (Å²) in [5.41, 5.74) is 6.49. The van der Waals surface area contributed by atoms with Crippen molar-refractivity contribution in [2.24, 2.45) is 0 Å². The van der Waals surface area contributed by atoms with Crippen molar-refractivity contribution in [3.63, 3.8) is 0 Å². The van der Waals surface area contributed by atoms with Crippen molar-refractivity contribution in [1.82, 2.24) is 14.4 Å². The Morgan fingerprint density at radius 1 is 0.974 bits per heavy atom. The van der Waals surface area contributed by atoms with E-state index in [1.807, 2.05) is 61.5 Å². The summed E-state index contributed by atoms with van der Waals surface area (Å²) in [4.78, 5) is 42.5. The summed E-state index contributed by atoms with van der Waals surface area (Å²) in [5, 5.41) is 0.607. The average Bonchev–Trinajstić information content (AvgIpc) is 3.37. The zero-order chi connectivity index (χ0) is 27.1. The molecule has 3 heterocycles. The van der Waals surface area contributed by atoms with Crippen LogP contribution >= 0.6 is 27.7 Å². The number of fused-ring (bicyclic) bond motifs is 2. The summed E-state index contributed by atoms with van der Waals surface area (Å²) in [5.74, 6) is -0.629. The number of halogens is 1. The molecule has 4 aromatic rings. The summed E-state index contributed by atoms with van der Waals surface area (Å²) in [6.45, 7) is 3.56. The lowest BCUT2D eigenvalue weighted by Crippen LogP contribution is -2.44. The van der Waals surface area contributed by atoms with Crippen LogP contribution in [0.15, 0.2) is 82.2 Å². The highest BCUT2D eigenvalue weighted by Gasteiger charge is 2.37. The zero-order valence-corrected chi connectivity index (χ0v) is 23.8. The molecule has 0 N–H and O–H groups in total. The third kappa shape index (κ3) is 4.94. The Hall–Kier alpha value is -3.62. The lowest BCUT2D eigenvalue weighted by molar-refractivity contribution is -0.136. The topological polar surface area (TPSA) is 62.6 Å². The van der Waals surface area contributed by atoms with Gasteiger partial charge in [-0.15, -0.1) is 0 Å². The van der Waals surface area contributed by atoms with Crippen LogP contribution in [0.1, 0.15) is 27.9 Å². The molecule has 0 unspecified atom stereocenters. The number of rotatable bonds is 5. The summed E-state index contributed by atoms with van der Waals surface area (Å²) in [6, 6.07) is 24.4. The van der Waals surface area contributed by atoms with Gasteiger partial charge in [0, 0.05) is 46.3 Å². The van der Waals surface area contributed by atoms with Gasteiger partial charge >= 0.3 is 0 Å². The second kappa shape index (κ2) is 10.5. The van der Waals surface area contributed by atoms with E-state index in [9.17, 15) is 14.4 Å². The molecule has 6 rings (SSSR count). The van der Waals surface area contributed by atoms with Gasteiger partial charge in [0.2, 0.25) is 5.91 Å². The van der Waals surface area contributed by atoms with Crippen LogP contribution in [0.3, 0.4) is 0 Å². The molecule has 0 bridgehead atoms. The second-order valence-electron chi connectivity index (χ2n) is 9.83. The average molecular weight is 601 g/mol. The molecule has 196 valence electrons. The van der Waals surface area contributed by atoms with Crippen LogP contribution in [0.2, 0.25) is 0 Å². The van der Waals surface area contributed by atoms with Crippen LogP contribution in [0.4, 0.5) is 4.79 Å². The van der Waals surface area contributed by atoms with E-state index < -0.39 is 11.1 Å². The largest absolute Gasteiger partial charge is 0.340 e. The first-order valence-electron chi connectivity index (χ1n) is 12.8. The SMILES string of the molecule is Cc1c(/C=C2\SC(=O)N(CC(=O)N3CCc4ccccc4C3)C2=O)c2ccccc2n1Cc1ccc(Br)cc1. The summed E-state index contributed by atoms with van der Waals surface area (Å²) >= 11 is 4.39. The molecule has 2 aliphatic rings. The molecule has 39 heavy (non-hydrogen) atoms. The molecule has 2 aliphatic heterocycles. The minimum Gasteiger partial charge on any atom is -0.340 e. The zero-order valence-electron chi connectivity index (χ0n) is 21.4. The molecule has 1 fully saturated rings. The third-order valence-corrected chi connectivity index (χ3v) is 8.90. The maximum atomic E-state index is 13.3. The Labute approximate surface area is 239 Å². The van der Waals surface area contributed by atoms with Crippen molar-refractivity contribution in [2.75, 3.05) is 13.1 Å². The number of hydrogen-bond donors (Lipinski definition) is 0. The van der Waals surface area contributed by atoms with Gasteiger partial charge in [-0.25, -0.2) is 0 Å². The van der Waals surface area contributed by atoms with Crippen molar-refractivity contribution in [2.45, 2.75) is 26.4 Å². The maximum Gasteiger partial charge on any atom is 0.294 e. The number of amides is 3. The number of hydrogen-bond acceptors (Lipinski definition) is 4. The van der Waals surface area contributed by atoms with Gasteiger partial charge in [0.15, 0.2) is 0 Å². The summed E-state index contributed by atoms with van der Waals surface area (Å²) < 4.78 is 3.26. The monoisotopic (exact) mass is 599 g/mol. The van der Waals surface area contributed by atoms with E-state index in [1.165, 1.54) is 5.56 Å². The van der Waals surface area contributed by atoms with E-state index in [4.69, 9.17) is 0 Å². The number of carbonyl (C=O) groups is 3. The van der Waals surface area contributed by atoms with Crippen LogP contribution in [-0.2, 0) is 29.1 Å². The molecule has 1 aromatic heterocycles. The Morgan fingerprint density at radius 2 is 1.69 bits per heavy atom. The van der Waals surface area contributed by atoms with Gasteiger partial charge in [0.25, 0.3) is 11.1 Å². The van der Waals surface area contributed by atoms with Gasteiger partial charge in [-0.2, -0.15) is 0 Å². The third-order valence-electron chi connectivity index (χ3n) is 7.46. The Kier molecular flexibility index (Phi) is 6.91. The van der Waals surface area contributed by atoms with Gasteiger partial charge < -0.3 is 9.47 Å². The van der Waals surface area contributed by atoms with E-state index >= 15 is 0 Å². The Balaban J connectivity index is 1.25. The first-order valence-corrected chi connectivity index (χ1v) is 14.4. The predicted molar refractivity (Wildman–Crippen MR) is 158 cm³/mol. The molecule has 1 saturated heterocycles. The van der Waals surface area contributed by atoms with Crippen molar-refractivity contribution in [3.8, 4) is 0 Å². The molecule has 6 nitrogen and oxygen atoms in total. The van der Waals surface area contributed by atoms with Crippen molar-refractivity contribution in [1.29, 1.82) is 0 Å². The summed E-state index contributed by atoms with van der Waals surface area (Å²) in [7, 11) is 0. The van der Waals surface area contributed by atoms with E-state index in [0.717, 1.165) is 60.8 Å². The van der Waals surface area contributed by atoms with E-state index in [0.29, 0.717) is 24.5 Å². The number of imide groups is 1. The standard InChI is InChI=1S/C31H26BrN3O3S/c1-20-26(25-8-4-5-9-27(25)34(20)17-21-10-12-24(32)13-11-21)16-28-30(37)35(31(38)39-28)19-29(36)33-15-14-22-6-2-3-7-23(22)18-33/h2-13,16H,14-15,17-19H2,1H3/b28-16-. The lowest BCUT2D eigenvalue weighted by atomic mass is 10.00. The van der Waals surface area contributed by atoms with Gasteiger partial charge in [0.1, 0.15) is 6.54 Å². The van der Waals surface area contributed by atoms with E-state index in [1.54, 1.807) is 4.90 Å². The van der Waals surface area contributed by atoms with Crippen LogP contribution in [0.25, 0.3) is 17.0 Å². The van der Waals surface area contributed by atoms with Gasteiger partial charge in [-0.3, -0.25) is 19.3 Å². The number of carbonyl (C=O) groups excluding carboxylic acids is 3. The maximum absolute atomic E-state index is 13.3. The number of benzene rings is 3. The quantitative estimate of drug-likeness (QED) is 0.250. The summed E-state index contributed by atoms with van der Waals surface area (Å²) in [6.07, 6.45) is 2.58. The Bertz CT molecular complexity index is 1660. The van der Waals surface area contributed by atoms with E-state index in [2.05, 4.69) is 44.8 Å². The molecule has 0 aliphatic carbocycles. The molecule has 0 spiro atoms. The van der Waals surface area contributed by atoms with Crippen LogP contribution < -0.4 is 0 Å². The van der Waals surface area contributed by atoms with Gasteiger partial charge in [-0.1, -0.05) is 70.5 Å². The molecule has 0 atom stereocenters. The van der Waals surface area contributed by atoms with Crippen LogP contribution in [0.5, 0.6) is 0 Å². The van der Waals surface area contributed by atoms with Gasteiger partial charge in [-0.05, 0) is 66.1 Å². The number of aromatic nitrogens is 1. The molecule has 0 radical (unpaired) electrons. The number of para-hydroxylation sites is 1. The van der Waals surface area contributed by atoms with Gasteiger partial charge in [0.05, 0.1) is 4.91 Å². The molecule has 3 amide bonds. The molecule has 8 heteroatoms. The fourth-order valence-corrected chi connectivity index (χ4v) is 6.41. The normalized spacial score (nSPS) is 16.4. The van der Waals surface area contributed by atoms with Crippen LogP contribution in [-0.4, -0.2) is 44.5 Å². The van der Waals surface area contributed by atoms with Crippen molar-refractivity contribution >= 4 is 61.7 Å². The van der Waals surface area contributed by atoms with Crippen molar-refractivity contribution < 1.29 is 14.4 Å². The van der Waals surface area contributed by atoms with Crippen molar-refractivity contribution in [3.05, 3.63) is 110 Å². The first-order chi connectivity index (χ1) is 18.9. The van der Waals surface area contributed by atoms with Crippen LogP contribution in [0, 0.1) is 6.92 Å².